The predicted octanol–water partition coefficient (Wildman–Crippen LogP) is 1.84. The molecule has 0 aromatic rings. The summed E-state index contributed by atoms with van der Waals surface area (Å²) < 4.78 is 5.52. The number of nitrogens with zero attached hydrogens (tertiary/aromatic N) is 1. The van der Waals surface area contributed by atoms with E-state index < -0.39 is 16.2 Å². The van der Waals surface area contributed by atoms with Crippen LogP contribution in [-0.4, -0.2) is 72.7 Å². The molecule has 6 nitrogen and oxygen atoms in total. The van der Waals surface area contributed by atoms with Gasteiger partial charge in [-0.1, -0.05) is 19.9 Å². The van der Waals surface area contributed by atoms with Gasteiger partial charge in [-0.15, -0.1) is 0 Å². The van der Waals surface area contributed by atoms with Crippen molar-refractivity contribution < 1.29 is 24.5 Å². The molecule has 7 atom stereocenters. The average molecular weight is 432 g/mol. The van der Waals surface area contributed by atoms with E-state index >= 15 is 0 Å². The lowest BCUT2D eigenvalue weighted by Crippen LogP contribution is -2.72. The molecule has 6 heteroatoms. The van der Waals surface area contributed by atoms with E-state index in [0.29, 0.717) is 31.8 Å². The molecule has 1 heterocycles. The SMILES string of the molecule is C=C1C(=O)[C@]23CC[C@H]1CC2[C@]1(CO)CCC[C@@](C)(CO)C1[C@H](CN1CCOCC1)C3=O. The highest BCUT2D eigenvalue weighted by Crippen LogP contribution is 2.71. The highest BCUT2D eigenvalue weighted by Gasteiger charge is 2.74. The molecule has 5 saturated carbocycles. The van der Waals surface area contributed by atoms with Gasteiger partial charge >= 0.3 is 0 Å². The molecule has 2 unspecified atom stereocenters. The van der Waals surface area contributed by atoms with Gasteiger partial charge in [0.15, 0.2) is 11.6 Å². The second-order valence-electron chi connectivity index (χ2n) is 11.3. The molecular weight excluding hydrogens is 394 g/mol. The molecule has 0 aromatic heterocycles. The standard InChI is InChI=1S/C25H37NO5/c1-16-17-4-7-25(21(16)29)19(12-17)24(15-28)6-3-5-23(2,14-27)20(24)18(22(25)30)13-26-8-10-31-11-9-26/h17-20,27-28H,1,3-15H2,2H3/t17-,18-,19?,20?,23-,24+,25-/m0/s1. The minimum absolute atomic E-state index is 0.0100. The van der Waals surface area contributed by atoms with Crippen molar-refractivity contribution in [3.05, 3.63) is 12.2 Å². The van der Waals surface area contributed by atoms with Crippen LogP contribution in [0.15, 0.2) is 12.2 Å². The Morgan fingerprint density at radius 3 is 2.55 bits per heavy atom. The number of fused-ring (bicyclic) bond motifs is 3. The van der Waals surface area contributed by atoms with E-state index in [1.807, 2.05) is 0 Å². The fourth-order valence-corrected chi connectivity index (χ4v) is 8.67. The highest BCUT2D eigenvalue weighted by molar-refractivity contribution is 6.17. The zero-order chi connectivity index (χ0) is 22.0. The number of rotatable bonds is 4. The molecule has 1 saturated heterocycles. The van der Waals surface area contributed by atoms with Crippen LogP contribution in [0.25, 0.3) is 0 Å². The molecule has 6 aliphatic rings. The number of morpholine rings is 1. The lowest BCUT2D eigenvalue weighted by Gasteiger charge is -2.68. The van der Waals surface area contributed by atoms with E-state index in [1.165, 1.54) is 0 Å². The van der Waals surface area contributed by atoms with Crippen molar-refractivity contribution in [2.75, 3.05) is 46.1 Å². The number of ketones is 2. The highest BCUT2D eigenvalue weighted by atomic mass is 16.5. The number of carbonyl (C=O) groups is 2. The van der Waals surface area contributed by atoms with Crippen molar-refractivity contribution in [1.29, 1.82) is 0 Å². The molecule has 172 valence electrons. The zero-order valence-corrected chi connectivity index (χ0v) is 18.8. The Hall–Kier alpha value is -1.08. The van der Waals surface area contributed by atoms with Crippen LogP contribution in [0.5, 0.6) is 0 Å². The first-order valence-corrected chi connectivity index (χ1v) is 12.1. The molecule has 1 aliphatic heterocycles. The average Bonchev–Trinajstić information content (AvgIpc) is 2.80. The summed E-state index contributed by atoms with van der Waals surface area (Å²) in [5.41, 5.74) is -1.30. The van der Waals surface area contributed by atoms with Crippen LogP contribution < -0.4 is 0 Å². The maximum Gasteiger partial charge on any atom is 0.172 e. The van der Waals surface area contributed by atoms with E-state index in [4.69, 9.17) is 4.74 Å². The van der Waals surface area contributed by atoms with Gasteiger partial charge in [-0.25, -0.2) is 0 Å². The summed E-state index contributed by atoms with van der Waals surface area (Å²) in [5.74, 6) is -0.440. The quantitative estimate of drug-likeness (QED) is 0.522. The smallest absolute Gasteiger partial charge is 0.172 e. The molecule has 1 spiro atoms. The predicted molar refractivity (Wildman–Crippen MR) is 115 cm³/mol. The first kappa shape index (κ1) is 21.7. The van der Waals surface area contributed by atoms with Crippen LogP contribution in [0.4, 0.5) is 0 Å². The zero-order valence-electron chi connectivity index (χ0n) is 18.8. The third-order valence-corrected chi connectivity index (χ3v) is 10.0. The molecule has 31 heavy (non-hydrogen) atoms. The van der Waals surface area contributed by atoms with Gasteiger partial charge in [0.25, 0.3) is 0 Å². The summed E-state index contributed by atoms with van der Waals surface area (Å²) in [4.78, 5) is 30.4. The lowest BCUT2D eigenvalue weighted by molar-refractivity contribution is -0.217. The van der Waals surface area contributed by atoms with Gasteiger partial charge in [0.05, 0.1) is 18.6 Å². The monoisotopic (exact) mass is 431 g/mol. The molecule has 2 bridgehead atoms. The number of hydrogen-bond acceptors (Lipinski definition) is 6. The first-order chi connectivity index (χ1) is 14.8. The van der Waals surface area contributed by atoms with Crippen molar-refractivity contribution in [3.8, 4) is 0 Å². The van der Waals surface area contributed by atoms with E-state index in [2.05, 4.69) is 18.4 Å². The Morgan fingerprint density at radius 2 is 1.87 bits per heavy atom. The summed E-state index contributed by atoms with van der Waals surface area (Å²) in [6, 6.07) is 0. The molecule has 5 aliphatic carbocycles. The van der Waals surface area contributed by atoms with E-state index in [0.717, 1.165) is 45.2 Å². The fourth-order valence-electron chi connectivity index (χ4n) is 8.67. The van der Waals surface area contributed by atoms with E-state index in [1.54, 1.807) is 0 Å². The number of hydrogen-bond donors (Lipinski definition) is 2. The van der Waals surface area contributed by atoms with Gasteiger partial charge in [-0.2, -0.15) is 0 Å². The fraction of sp³-hybridized carbons (Fsp3) is 0.840. The molecule has 6 rings (SSSR count). The van der Waals surface area contributed by atoms with Crippen LogP contribution in [0, 0.1) is 39.9 Å². The second-order valence-corrected chi connectivity index (χ2v) is 11.3. The normalized spacial score (nSPS) is 47.9. The maximum atomic E-state index is 14.4. The molecule has 6 fully saturated rings. The molecule has 0 radical (unpaired) electrons. The Balaban J connectivity index is 1.65. The molecule has 0 amide bonds. The Bertz CT molecular complexity index is 791. The van der Waals surface area contributed by atoms with Crippen molar-refractivity contribution in [2.24, 2.45) is 39.9 Å². The van der Waals surface area contributed by atoms with Crippen molar-refractivity contribution in [3.63, 3.8) is 0 Å². The second kappa shape index (κ2) is 7.47. The van der Waals surface area contributed by atoms with Crippen molar-refractivity contribution in [1.82, 2.24) is 4.90 Å². The summed E-state index contributed by atoms with van der Waals surface area (Å²) in [6.07, 6.45) is 4.82. The number of carbonyl (C=O) groups excluding carboxylic acids is 2. The van der Waals surface area contributed by atoms with E-state index in [9.17, 15) is 19.8 Å². The minimum Gasteiger partial charge on any atom is -0.396 e. The van der Waals surface area contributed by atoms with Gasteiger partial charge in [0.2, 0.25) is 0 Å². The van der Waals surface area contributed by atoms with Crippen molar-refractivity contribution in [2.45, 2.75) is 45.4 Å². The number of Topliss-reactive ketones (excluding diaryl/α,β-unsaturated/α-hetero) is 2. The number of aliphatic hydroxyl groups excluding tert-OH is 2. The Morgan fingerprint density at radius 1 is 1.13 bits per heavy atom. The molecular formula is C25H37NO5. The van der Waals surface area contributed by atoms with Gasteiger partial charge in [0, 0.05) is 44.2 Å². The summed E-state index contributed by atoms with van der Waals surface area (Å²) >= 11 is 0. The number of allylic oxidation sites excluding steroid dienone is 1. The summed E-state index contributed by atoms with van der Waals surface area (Å²) in [5, 5.41) is 21.5. The van der Waals surface area contributed by atoms with Crippen LogP contribution in [0.3, 0.4) is 0 Å². The largest absolute Gasteiger partial charge is 0.396 e. The van der Waals surface area contributed by atoms with E-state index in [-0.39, 0.29) is 48.5 Å². The van der Waals surface area contributed by atoms with Gasteiger partial charge in [-0.3, -0.25) is 14.5 Å². The number of aliphatic hydroxyl groups is 2. The molecule has 0 aromatic carbocycles. The Labute approximate surface area is 185 Å². The van der Waals surface area contributed by atoms with Crippen molar-refractivity contribution >= 4 is 11.6 Å². The van der Waals surface area contributed by atoms with Crippen LogP contribution in [0.1, 0.15) is 45.4 Å². The number of ether oxygens (including phenoxy) is 1. The lowest BCUT2D eigenvalue weighted by atomic mass is 9.34. The first-order valence-electron chi connectivity index (χ1n) is 12.1. The third kappa shape index (κ3) is 2.77. The Kier molecular flexibility index (Phi) is 5.24. The van der Waals surface area contributed by atoms with Gasteiger partial charge < -0.3 is 14.9 Å². The van der Waals surface area contributed by atoms with Crippen LogP contribution >= 0.6 is 0 Å². The molecule has 2 N–H and O–H groups in total. The maximum absolute atomic E-state index is 14.4. The van der Waals surface area contributed by atoms with Crippen LogP contribution in [-0.2, 0) is 14.3 Å². The third-order valence-electron chi connectivity index (χ3n) is 10.0. The topological polar surface area (TPSA) is 87.1 Å². The summed E-state index contributed by atoms with van der Waals surface area (Å²) in [6.45, 7) is 9.64. The van der Waals surface area contributed by atoms with Crippen LogP contribution in [0.2, 0.25) is 0 Å². The van der Waals surface area contributed by atoms with Gasteiger partial charge in [-0.05, 0) is 60.8 Å². The minimum atomic E-state index is -1.02. The summed E-state index contributed by atoms with van der Waals surface area (Å²) in [7, 11) is 0. The van der Waals surface area contributed by atoms with Gasteiger partial charge in [0.1, 0.15) is 0 Å².